The molecule has 2 aromatic rings. The normalized spacial score (nSPS) is 10.5. The van der Waals surface area contributed by atoms with E-state index in [-0.39, 0.29) is 18.0 Å². The molecule has 0 saturated heterocycles. The zero-order chi connectivity index (χ0) is 13.8. The molecule has 2 nitrogen and oxygen atoms in total. The van der Waals surface area contributed by atoms with E-state index in [9.17, 15) is 9.18 Å². The summed E-state index contributed by atoms with van der Waals surface area (Å²) in [5.74, 6) is -0.359. The van der Waals surface area contributed by atoms with Crippen molar-refractivity contribution in [3.63, 3.8) is 0 Å². The summed E-state index contributed by atoms with van der Waals surface area (Å²) in [5.41, 5.74) is 2.23. The molecule has 0 aliphatic heterocycles. The Hall–Kier alpha value is -1.55. The third-order valence-corrected chi connectivity index (χ3v) is 3.72. The van der Waals surface area contributed by atoms with E-state index < -0.39 is 0 Å². The van der Waals surface area contributed by atoms with E-state index in [0.717, 1.165) is 16.5 Å². The molecule has 4 heteroatoms. The quantitative estimate of drug-likeness (QED) is 0.797. The first kappa shape index (κ1) is 13.9. The predicted octanol–water partition coefficient (Wildman–Crippen LogP) is 3.97. The second-order valence-electron chi connectivity index (χ2n) is 4.22. The van der Waals surface area contributed by atoms with Crippen LogP contribution >= 0.6 is 15.9 Å². The summed E-state index contributed by atoms with van der Waals surface area (Å²) in [6.45, 7) is 1.98. The first-order chi connectivity index (χ1) is 9.11. The van der Waals surface area contributed by atoms with Crippen molar-refractivity contribution in [2.24, 2.45) is 0 Å². The summed E-state index contributed by atoms with van der Waals surface area (Å²) in [6.07, 6.45) is 4.23. The summed E-state index contributed by atoms with van der Waals surface area (Å²) in [6, 6.07) is 6.08. The van der Waals surface area contributed by atoms with Crippen LogP contribution in [0.15, 0.2) is 41.1 Å². The van der Waals surface area contributed by atoms with Crippen molar-refractivity contribution in [3.8, 4) is 0 Å². The fraction of sp³-hybridized carbons (Fsp3) is 0.200. The van der Waals surface area contributed by atoms with Crippen molar-refractivity contribution in [2.75, 3.05) is 0 Å². The number of ketones is 1. The molecule has 0 aliphatic carbocycles. The monoisotopic (exact) mass is 321 g/mol. The number of Topliss-reactive ketones (excluding diaryl/α,β-unsaturated/α-hetero) is 1. The topological polar surface area (TPSA) is 30.0 Å². The van der Waals surface area contributed by atoms with Gasteiger partial charge >= 0.3 is 0 Å². The van der Waals surface area contributed by atoms with Gasteiger partial charge in [0.1, 0.15) is 5.82 Å². The molecular weight excluding hydrogens is 309 g/mol. The number of carbonyl (C=O) groups excluding carboxylic acids is 1. The maximum atomic E-state index is 13.2. The lowest BCUT2D eigenvalue weighted by atomic mass is 9.99. The number of nitrogens with zero attached hydrogens (tertiary/aromatic N) is 1. The Kier molecular flexibility index (Phi) is 4.43. The molecule has 98 valence electrons. The lowest BCUT2D eigenvalue weighted by Crippen LogP contribution is -2.08. The molecule has 0 fully saturated rings. The van der Waals surface area contributed by atoms with Crippen molar-refractivity contribution in [3.05, 3.63) is 63.6 Å². The van der Waals surface area contributed by atoms with E-state index in [1.165, 1.54) is 12.1 Å². The molecule has 0 unspecified atom stereocenters. The average Bonchev–Trinajstić information content (AvgIpc) is 2.42. The zero-order valence-corrected chi connectivity index (χ0v) is 12.1. The number of aryl methyl sites for hydroxylation is 1. The fourth-order valence-electron chi connectivity index (χ4n) is 1.93. The number of hydrogen-bond acceptors (Lipinski definition) is 2. The second-order valence-corrected chi connectivity index (χ2v) is 5.08. The first-order valence-corrected chi connectivity index (χ1v) is 6.81. The van der Waals surface area contributed by atoms with Gasteiger partial charge in [-0.1, -0.05) is 22.9 Å². The van der Waals surface area contributed by atoms with Crippen molar-refractivity contribution in [1.29, 1.82) is 0 Å². The van der Waals surface area contributed by atoms with E-state index in [0.29, 0.717) is 11.1 Å². The van der Waals surface area contributed by atoms with Crippen molar-refractivity contribution in [1.82, 2.24) is 4.98 Å². The number of hydrogen-bond donors (Lipinski definition) is 0. The van der Waals surface area contributed by atoms with Crippen LogP contribution in [0.2, 0.25) is 0 Å². The van der Waals surface area contributed by atoms with Crippen LogP contribution < -0.4 is 0 Å². The van der Waals surface area contributed by atoms with Gasteiger partial charge in [0.05, 0.1) is 0 Å². The Morgan fingerprint density at radius 2 is 2.11 bits per heavy atom. The van der Waals surface area contributed by atoms with E-state index in [1.54, 1.807) is 24.5 Å². The van der Waals surface area contributed by atoms with Gasteiger partial charge in [-0.15, -0.1) is 0 Å². The number of rotatable bonds is 4. The maximum Gasteiger partial charge on any atom is 0.167 e. The van der Waals surface area contributed by atoms with Gasteiger partial charge in [0, 0.05) is 28.9 Å². The van der Waals surface area contributed by atoms with Gasteiger partial charge in [-0.2, -0.15) is 0 Å². The van der Waals surface area contributed by atoms with Gasteiger partial charge in [-0.25, -0.2) is 4.39 Å². The summed E-state index contributed by atoms with van der Waals surface area (Å²) in [4.78, 5) is 16.3. The molecule has 0 N–H and O–H groups in total. The Balaban J connectivity index is 2.28. The molecule has 2 rings (SSSR count). The molecule has 0 amide bonds. The molecule has 1 aromatic heterocycles. The van der Waals surface area contributed by atoms with Gasteiger partial charge in [0.2, 0.25) is 0 Å². The van der Waals surface area contributed by atoms with Crippen molar-refractivity contribution in [2.45, 2.75) is 19.8 Å². The van der Waals surface area contributed by atoms with Crippen molar-refractivity contribution >= 4 is 21.7 Å². The van der Waals surface area contributed by atoms with E-state index in [4.69, 9.17) is 0 Å². The van der Waals surface area contributed by atoms with Gasteiger partial charge in [-0.3, -0.25) is 9.78 Å². The second kappa shape index (κ2) is 6.06. The average molecular weight is 322 g/mol. The Labute approximate surface area is 119 Å². The molecule has 0 saturated carbocycles. The maximum absolute atomic E-state index is 13.2. The third-order valence-electron chi connectivity index (χ3n) is 2.94. The molecule has 1 heterocycles. The standard InChI is InChI=1S/C15H13BrFNO/c1-2-10-9-18-6-5-13(10)15(19)8-11-7-12(17)3-4-14(11)16/h3-7,9H,2,8H2,1H3. The van der Waals surface area contributed by atoms with E-state index in [2.05, 4.69) is 20.9 Å². The van der Waals surface area contributed by atoms with Gasteiger partial charge in [0.25, 0.3) is 0 Å². The molecule has 0 radical (unpaired) electrons. The number of benzene rings is 1. The van der Waals surface area contributed by atoms with Crippen molar-refractivity contribution < 1.29 is 9.18 Å². The van der Waals surface area contributed by atoms with E-state index >= 15 is 0 Å². The van der Waals surface area contributed by atoms with Crippen LogP contribution in [0, 0.1) is 5.82 Å². The zero-order valence-electron chi connectivity index (χ0n) is 10.5. The van der Waals surface area contributed by atoms with Crippen LogP contribution in [0.25, 0.3) is 0 Å². The number of pyridine rings is 1. The lowest BCUT2D eigenvalue weighted by molar-refractivity contribution is 0.0992. The molecule has 19 heavy (non-hydrogen) atoms. The highest BCUT2D eigenvalue weighted by atomic mass is 79.9. The number of aromatic nitrogens is 1. The fourth-order valence-corrected chi connectivity index (χ4v) is 2.31. The Bertz CT molecular complexity index is 613. The molecule has 1 aromatic carbocycles. The molecule has 0 atom stereocenters. The smallest absolute Gasteiger partial charge is 0.167 e. The number of carbonyl (C=O) groups is 1. The summed E-state index contributed by atoms with van der Waals surface area (Å²) >= 11 is 3.34. The molecule has 0 aliphatic rings. The Morgan fingerprint density at radius 1 is 1.32 bits per heavy atom. The van der Waals surface area contributed by atoms with Crippen LogP contribution in [0.4, 0.5) is 4.39 Å². The first-order valence-electron chi connectivity index (χ1n) is 6.01. The summed E-state index contributed by atoms with van der Waals surface area (Å²) in [5, 5.41) is 0. The predicted molar refractivity (Wildman–Crippen MR) is 75.7 cm³/mol. The largest absolute Gasteiger partial charge is 0.294 e. The minimum atomic E-state index is -0.337. The highest BCUT2D eigenvalue weighted by Gasteiger charge is 2.13. The summed E-state index contributed by atoms with van der Waals surface area (Å²) < 4.78 is 13.9. The van der Waals surface area contributed by atoms with Crippen LogP contribution in [0.1, 0.15) is 28.4 Å². The van der Waals surface area contributed by atoms with Crippen LogP contribution in [0.3, 0.4) is 0 Å². The van der Waals surface area contributed by atoms with Crippen LogP contribution in [-0.2, 0) is 12.8 Å². The van der Waals surface area contributed by atoms with Gasteiger partial charge in [0.15, 0.2) is 5.78 Å². The Morgan fingerprint density at radius 3 is 2.84 bits per heavy atom. The van der Waals surface area contributed by atoms with Gasteiger partial charge < -0.3 is 0 Å². The number of halogens is 2. The minimum Gasteiger partial charge on any atom is -0.294 e. The molecule has 0 bridgehead atoms. The van der Waals surface area contributed by atoms with Crippen LogP contribution in [0.5, 0.6) is 0 Å². The van der Waals surface area contributed by atoms with Gasteiger partial charge in [-0.05, 0) is 41.8 Å². The SMILES string of the molecule is CCc1cnccc1C(=O)Cc1cc(F)ccc1Br. The highest BCUT2D eigenvalue weighted by Crippen LogP contribution is 2.20. The molecular formula is C15H13BrFNO. The highest BCUT2D eigenvalue weighted by molar-refractivity contribution is 9.10. The van der Waals surface area contributed by atoms with E-state index in [1.807, 2.05) is 6.92 Å². The minimum absolute atomic E-state index is 0.0226. The molecule has 0 spiro atoms. The lowest BCUT2D eigenvalue weighted by Gasteiger charge is -2.07. The summed E-state index contributed by atoms with van der Waals surface area (Å²) in [7, 11) is 0. The van der Waals surface area contributed by atoms with Crippen LogP contribution in [-0.4, -0.2) is 10.8 Å². The third kappa shape index (κ3) is 3.26.